The first kappa shape index (κ1) is 21.0. The number of H-pyrrole nitrogens is 1. The molecule has 0 bridgehead atoms. The number of hydrogen-bond acceptors (Lipinski definition) is 6. The molecule has 1 atom stereocenters. The van der Waals surface area contributed by atoms with Gasteiger partial charge in [-0.15, -0.1) is 0 Å². The lowest BCUT2D eigenvalue weighted by molar-refractivity contribution is 0.257. The molecule has 6 rings (SSSR count). The Labute approximate surface area is 196 Å². The number of benzene rings is 1. The maximum Gasteiger partial charge on any atom is 0.327 e. The van der Waals surface area contributed by atoms with E-state index < -0.39 is 5.82 Å². The van der Waals surface area contributed by atoms with Crippen LogP contribution < -0.4 is 20.3 Å². The summed E-state index contributed by atoms with van der Waals surface area (Å²) in [4.78, 5) is 23.0. The Balaban J connectivity index is 1.21. The minimum atomic E-state index is -0.465. The Hall–Kier alpha value is -3.53. The highest BCUT2D eigenvalue weighted by atomic mass is 19.1. The van der Waals surface area contributed by atoms with E-state index in [0.29, 0.717) is 48.9 Å². The number of anilines is 2. The molecule has 2 aromatic heterocycles. The average Bonchev–Trinajstić information content (AvgIpc) is 3.22. The van der Waals surface area contributed by atoms with Crippen molar-refractivity contribution in [2.75, 3.05) is 16.8 Å². The first-order valence-corrected chi connectivity index (χ1v) is 11.6. The zero-order valence-corrected chi connectivity index (χ0v) is 19.1. The van der Waals surface area contributed by atoms with Crippen molar-refractivity contribution in [1.29, 1.82) is 0 Å². The van der Waals surface area contributed by atoms with Gasteiger partial charge >= 0.3 is 6.03 Å². The van der Waals surface area contributed by atoms with Gasteiger partial charge in [0.05, 0.1) is 17.1 Å². The molecule has 4 heterocycles. The summed E-state index contributed by atoms with van der Waals surface area (Å²) < 4.78 is 21.3. The number of fused-ring (bicyclic) bond motifs is 2. The predicted octanol–water partition coefficient (Wildman–Crippen LogP) is 3.81. The van der Waals surface area contributed by atoms with Gasteiger partial charge in [0.15, 0.2) is 11.6 Å². The molecule has 176 valence electrons. The minimum absolute atomic E-state index is 0.101. The lowest BCUT2D eigenvalue weighted by Crippen LogP contribution is -2.33. The SMILES string of the molecule is CC1Cc2c(ncnc2Oc2ccc3c(c2F)CCN3C(=O)Nc2cc(C3(C)CC3)n[nH]2)CN1. The molecular weight excluding hydrogens is 437 g/mol. The molecule has 3 N–H and O–H groups in total. The summed E-state index contributed by atoms with van der Waals surface area (Å²) in [5.74, 6) is 0.556. The van der Waals surface area contributed by atoms with E-state index in [4.69, 9.17) is 4.74 Å². The predicted molar refractivity (Wildman–Crippen MR) is 124 cm³/mol. The maximum absolute atomic E-state index is 15.4. The second kappa shape index (κ2) is 7.76. The molecule has 10 heteroatoms. The van der Waals surface area contributed by atoms with Gasteiger partial charge in [0.25, 0.3) is 0 Å². The molecule has 1 unspecified atom stereocenters. The summed E-state index contributed by atoms with van der Waals surface area (Å²) in [5.41, 5.74) is 3.82. The molecule has 0 spiro atoms. The Morgan fingerprint density at radius 2 is 2.15 bits per heavy atom. The highest BCUT2D eigenvalue weighted by Gasteiger charge is 2.41. The van der Waals surface area contributed by atoms with E-state index in [-0.39, 0.29) is 23.2 Å². The number of carbonyl (C=O) groups excluding carboxylic acids is 1. The Kier molecular flexibility index (Phi) is 4.80. The summed E-state index contributed by atoms with van der Waals surface area (Å²) in [6.45, 7) is 5.24. The van der Waals surface area contributed by atoms with Crippen LogP contribution in [0.1, 0.15) is 49.2 Å². The van der Waals surface area contributed by atoms with Crippen molar-refractivity contribution < 1.29 is 13.9 Å². The molecule has 9 nitrogen and oxygen atoms in total. The zero-order valence-electron chi connectivity index (χ0n) is 19.1. The molecule has 0 saturated heterocycles. The van der Waals surface area contributed by atoms with Gasteiger partial charge in [-0.1, -0.05) is 6.92 Å². The van der Waals surface area contributed by atoms with Gasteiger partial charge < -0.3 is 10.1 Å². The number of aromatic amines is 1. The average molecular weight is 464 g/mol. The number of carbonyl (C=O) groups is 1. The van der Waals surface area contributed by atoms with Crippen molar-refractivity contribution >= 4 is 17.5 Å². The van der Waals surface area contributed by atoms with Gasteiger partial charge in [0.2, 0.25) is 5.88 Å². The number of halogens is 1. The van der Waals surface area contributed by atoms with Gasteiger partial charge in [0, 0.05) is 41.7 Å². The highest BCUT2D eigenvalue weighted by Crippen LogP contribution is 2.47. The first-order valence-electron chi connectivity index (χ1n) is 11.6. The van der Waals surface area contributed by atoms with Crippen LogP contribution in [-0.4, -0.2) is 38.8 Å². The Morgan fingerprint density at radius 3 is 2.97 bits per heavy atom. The molecule has 1 fully saturated rings. The highest BCUT2D eigenvalue weighted by molar-refractivity contribution is 6.02. The molecule has 1 saturated carbocycles. The summed E-state index contributed by atoms with van der Waals surface area (Å²) in [6, 6.07) is 5.09. The lowest BCUT2D eigenvalue weighted by atomic mass is 10.0. The largest absolute Gasteiger partial charge is 0.436 e. The van der Waals surface area contributed by atoms with Crippen LogP contribution in [0.5, 0.6) is 11.6 Å². The summed E-state index contributed by atoms with van der Waals surface area (Å²) in [5, 5.41) is 13.4. The van der Waals surface area contributed by atoms with Crippen LogP contribution in [0.3, 0.4) is 0 Å². The third-order valence-corrected chi connectivity index (χ3v) is 7.07. The second-order valence-electron chi connectivity index (χ2n) is 9.63. The van der Waals surface area contributed by atoms with E-state index >= 15 is 4.39 Å². The molecular formula is C24H26FN7O2. The van der Waals surface area contributed by atoms with Crippen LogP contribution in [0.4, 0.5) is 20.7 Å². The standard InChI is InChI=1S/C24H26FN7O2/c1-13-9-15-16(11-26-13)27-12-28-22(15)34-18-4-3-17-14(21(18)25)5-8-32(17)23(33)29-20-10-19(30-31-20)24(2)6-7-24/h3-4,10,12-13,26H,5-9,11H2,1-2H3,(H2,29,30,31,33). The van der Waals surface area contributed by atoms with Crippen molar-refractivity contribution in [3.8, 4) is 11.6 Å². The van der Waals surface area contributed by atoms with E-state index in [2.05, 4.69) is 44.6 Å². The molecule has 1 aliphatic carbocycles. The molecule has 0 radical (unpaired) electrons. The number of aromatic nitrogens is 4. The topological polar surface area (TPSA) is 108 Å². The number of urea groups is 1. The number of hydrogen-bond donors (Lipinski definition) is 3. The smallest absolute Gasteiger partial charge is 0.327 e. The fraction of sp³-hybridized carbons (Fsp3) is 0.417. The number of rotatable bonds is 4. The second-order valence-corrected chi connectivity index (χ2v) is 9.63. The van der Waals surface area contributed by atoms with E-state index in [1.165, 1.54) is 6.33 Å². The van der Waals surface area contributed by atoms with Crippen LogP contribution in [0.25, 0.3) is 0 Å². The van der Waals surface area contributed by atoms with Gasteiger partial charge in [-0.05, 0) is 44.7 Å². The zero-order chi connectivity index (χ0) is 23.4. The van der Waals surface area contributed by atoms with Crippen molar-refractivity contribution in [2.24, 2.45) is 0 Å². The monoisotopic (exact) mass is 463 g/mol. The van der Waals surface area contributed by atoms with Gasteiger partial charge in [0.1, 0.15) is 12.1 Å². The fourth-order valence-electron chi connectivity index (χ4n) is 4.66. The minimum Gasteiger partial charge on any atom is -0.436 e. The first-order chi connectivity index (χ1) is 16.4. The number of nitrogens with zero attached hydrogens (tertiary/aromatic N) is 4. The molecule has 2 aliphatic heterocycles. The molecule has 34 heavy (non-hydrogen) atoms. The summed E-state index contributed by atoms with van der Waals surface area (Å²) in [6.07, 6.45) is 4.75. The lowest BCUT2D eigenvalue weighted by Gasteiger charge is -2.23. The van der Waals surface area contributed by atoms with Crippen LogP contribution in [-0.2, 0) is 24.8 Å². The van der Waals surface area contributed by atoms with E-state index in [1.54, 1.807) is 17.0 Å². The third kappa shape index (κ3) is 3.58. The molecule has 2 amide bonds. The van der Waals surface area contributed by atoms with Crippen molar-refractivity contribution in [1.82, 2.24) is 25.5 Å². The molecule has 3 aromatic rings. The van der Waals surface area contributed by atoms with Crippen LogP contribution >= 0.6 is 0 Å². The summed E-state index contributed by atoms with van der Waals surface area (Å²) in [7, 11) is 0. The number of nitrogens with one attached hydrogen (secondary N) is 3. The van der Waals surface area contributed by atoms with Gasteiger partial charge in [-0.2, -0.15) is 5.10 Å². The van der Waals surface area contributed by atoms with Crippen molar-refractivity contribution in [2.45, 2.75) is 57.5 Å². The molecule has 3 aliphatic rings. The van der Waals surface area contributed by atoms with Crippen molar-refractivity contribution in [3.63, 3.8) is 0 Å². The van der Waals surface area contributed by atoms with Crippen LogP contribution in [0.2, 0.25) is 0 Å². The maximum atomic E-state index is 15.4. The third-order valence-electron chi connectivity index (χ3n) is 7.07. The van der Waals surface area contributed by atoms with E-state index in [9.17, 15) is 4.79 Å². The van der Waals surface area contributed by atoms with Crippen molar-refractivity contribution in [3.05, 3.63) is 52.9 Å². The Bertz CT molecular complexity index is 1290. The van der Waals surface area contributed by atoms with Crippen LogP contribution in [0.15, 0.2) is 24.5 Å². The number of ether oxygens (including phenoxy) is 1. The molecule has 1 aromatic carbocycles. The summed E-state index contributed by atoms with van der Waals surface area (Å²) >= 11 is 0. The quantitative estimate of drug-likeness (QED) is 0.543. The van der Waals surface area contributed by atoms with Gasteiger partial charge in [-0.3, -0.25) is 15.3 Å². The fourth-order valence-corrected chi connectivity index (χ4v) is 4.66. The van der Waals surface area contributed by atoms with E-state index in [0.717, 1.165) is 29.8 Å². The number of amides is 2. The Morgan fingerprint density at radius 1 is 1.29 bits per heavy atom. The normalized spacial score (nSPS) is 20.0. The van der Waals surface area contributed by atoms with Gasteiger partial charge in [-0.25, -0.2) is 19.2 Å². The van der Waals surface area contributed by atoms with Crippen LogP contribution in [0, 0.1) is 5.82 Å². The van der Waals surface area contributed by atoms with E-state index in [1.807, 2.05) is 6.07 Å².